The number of aromatic nitrogens is 1. The number of aryl methyl sites for hydroxylation is 2. The molecule has 0 saturated heterocycles. The van der Waals surface area contributed by atoms with Gasteiger partial charge in [0.25, 0.3) is 0 Å². The Kier molecular flexibility index (Phi) is 4.58. The van der Waals surface area contributed by atoms with E-state index in [4.69, 9.17) is 20.8 Å². The molecule has 3 heterocycles. The molecule has 0 aliphatic carbocycles. The van der Waals surface area contributed by atoms with Gasteiger partial charge in [-0.05, 0) is 25.0 Å². The molecule has 6 nitrogen and oxygen atoms in total. The van der Waals surface area contributed by atoms with E-state index in [9.17, 15) is 9.59 Å². The summed E-state index contributed by atoms with van der Waals surface area (Å²) in [6.07, 6.45) is 2.99. The van der Waals surface area contributed by atoms with Gasteiger partial charge in [0.15, 0.2) is 0 Å². The molecule has 0 fully saturated rings. The number of hydrogen-bond donors (Lipinski definition) is 1. The highest BCUT2D eigenvalue weighted by Crippen LogP contribution is 2.30. The van der Waals surface area contributed by atoms with Crippen LogP contribution in [0.3, 0.4) is 0 Å². The Hall–Kier alpha value is -2.86. The third-order valence-corrected chi connectivity index (χ3v) is 5.15. The highest BCUT2D eigenvalue weighted by molar-refractivity contribution is 6.32. The minimum atomic E-state index is -0.592. The molecule has 1 aromatic carbocycles. The average molecular weight is 385 g/mol. The van der Waals surface area contributed by atoms with E-state index < -0.39 is 5.97 Å². The lowest BCUT2D eigenvalue weighted by Gasteiger charge is -2.11. The first-order valence-electron chi connectivity index (χ1n) is 8.65. The van der Waals surface area contributed by atoms with E-state index in [2.05, 4.69) is 10.3 Å². The smallest absolute Gasteiger partial charge is 0.343 e. The Morgan fingerprint density at radius 2 is 2.15 bits per heavy atom. The summed E-state index contributed by atoms with van der Waals surface area (Å²) in [6, 6.07) is 7.64. The number of rotatable bonds is 3. The van der Waals surface area contributed by atoms with E-state index in [1.54, 1.807) is 0 Å². The van der Waals surface area contributed by atoms with Crippen LogP contribution in [0.1, 0.15) is 40.2 Å². The van der Waals surface area contributed by atoms with Crippen LogP contribution < -0.4 is 5.32 Å². The van der Waals surface area contributed by atoms with Crippen LogP contribution in [0, 0.1) is 6.92 Å². The lowest BCUT2D eigenvalue weighted by Crippen LogP contribution is -2.13. The molecule has 138 valence electrons. The third kappa shape index (κ3) is 3.28. The van der Waals surface area contributed by atoms with Crippen LogP contribution in [0.25, 0.3) is 10.9 Å². The zero-order valence-corrected chi connectivity index (χ0v) is 15.4. The maximum Gasteiger partial charge on any atom is 0.343 e. The molecule has 1 aliphatic rings. The number of ether oxygens (including phenoxy) is 1. The Balaban J connectivity index is 1.57. The first-order chi connectivity index (χ1) is 13.0. The molecule has 0 unspecified atom stereocenters. The van der Waals surface area contributed by atoms with Gasteiger partial charge in [-0.15, -0.1) is 0 Å². The Labute approximate surface area is 160 Å². The number of halogens is 1. The van der Waals surface area contributed by atoms with Gasteiger partial charge in [-0.25, -0.2) is 9.78 Å². The van der Waals surface area contributed by atoms with E-state index in [1.807, 2.05) is 31.2 Å². The van der Waals surface area contributed by atoms with Gasteiger partial charge in [0, 0.05) is 18.2 Å². The standard InChI is InChI=1S/C20H17ClN2O4/c1-11-12-5-2-3-6-14(12)22-15(18(11)21)10-27-20(25)13-9-26-16-7-4-8-17(24)23-19(13)16/h2-3,5-6,9H,4,7-8,10H2,1H3,(H,23,24). The van der Waals surface area contributed by atoms with E-state index in [-0.39, 0.29) is 18.1 Å². The van der Waals surface area contributed by atoms with Gasteiger partial charge >= 0.3 is 5.97 Å². The molecule has 1 aliphatic heterocycles. The van der Waals surface area contributed by atoms with Crippen molar-refractivity contribution >= 4 is 40.1 Å². The number of amides is 1. The van der Waals surface area contributed by atoms with Gasteiger partial charge in [-0.1, -0.05) is 29.8 Å². The van der Waals surface area contributed by atoms with Gasteiger partial charge < -0.3 is 14.5 Å². The lowest BCUT2D eigenvalue weighted by atomic mass is 10.1. The van der Waals surface area contributed by atoms with Crippen molar-refractivity contribution in [2.75, 3.05) is 5.32 Å². The number of nitrogens with one attached hydrogen (secondary N) is 1. The number of hydrogen-bond acceptors (Lipinski definition) is 5. The molecule has 0 bridgehead atoms. The predicted octanol–water partition coefficient (Wildman–Crippen LogP) is 4.42. The molecule has 0 atom stereocenters. The normalized spacial score (nSPS) is 13.8. The molecule has 7 heteroatoms. The van der Waals surface area contributed by atoms with E-state index in [1.165, 1.54) is 6.26 Å². The summed E-state index contributed by atoms with van der Waals surface area (Å²) in [6.45, 7) is 1.83. The summed E-state index contributed by atoms with van der Waals surface area (Å²) in [5, 5.41) is 4.15. The average Bonchev–Trinajstić information content (AvgIpc) is 2.96. The molecule has 1 amide bonds. The minimum Gasteiger partial charge on any atom is -0.466 e. The molecular weight excluding hydrogens is 368 g/mol. The van der Waals surface area contributed by atoms with Crippen LogP contribution >= 0.6 is 11.6 Å². The summed E-state index contributed by atoms with van der Waals surface area (Å²) >= 11 is 6.41. The number of benzene rings is 1. The highest BCUT2D eigenvalue weighted by atomic mass is 35.5. The van der Waals surface area contributed by atoms with Crippen molar-refractivity contribution in [1.82, 2.24) is 4.98 Å². The topological polar surface area (TPSA) is 81.4 Å². The SMILES string of the molecule is Cc1c(Cl)c(COC(=O)c2coc3c2NC(=O)CCC3)nc2ccccc12. The van der Waals surface area contributed by atoms with Crippen LogP contribution in [0.2, 0.25) is 5.02 Å². The van der Waals surface area contributed by atoms with Crippen LogP contribution in [0.5, 0.6) is 0 Å². The third-order valence-electron chi connectivity index (χ3n) is 4.65. The number of esters is 1. The van der Waals surface area contributed by atoms with Crippen molar-refractivity contribution < 1.29 is 18.7 Å². The van der Waals surface area contributed by atoms with Gasteiger partial charge in [0.05, 0.1) is 21.9 Å². The van der Waals surface area contributed by atoms with Crippen molar-refractivity contribution in [2.24, 2.45) is 0 Å². The maximum atomic E-state index is 12.5. The number of carbonyl (C=O) groups is 2. The number of pyridine rings is 1. The molecule has 3 aromatic rings. The number of nitrogens with zero attached hydrogens (tertiary/aromatic N) is 1. The van der Waals surface area contributed by atoms with Crippen molar-refractivity contribution in [1.29, 1.82) is 0 Å². The molecule has 0 spiro atoms. The highest BCUT2D eigenvalue weighted by Gasteiger charge is 2.25. The molecule has 27 heavy (non-hydrogen) atoms. The van der Waals surface area contributed by atoms with Gasteiger partial charge in [-0.3, -0.25) is 4.79 Å². The minimum absolute atomic E-state index is 0.0722. The second-order valence-corrected chi connectivity index (χ2v) is 6.82. The molecule has 4 rings (SSSR count). The predicted molar refractivity (Wildman–Crippen MR) is 101 cm³/mol. The molecule has 0 saturated carbocycles. The lowest BCUT2D eigenvalue weighted by molar-refractivity contribution is -0.116. The number of carbonyl (C=O) groups excluding carboxylic acids is 2. The second kappa shape index (κ2) is 7.04. The van der Waals surface area contributed by atoms with Gasteiger partial charge in [0.2, 0.25) is 5.91 Å². The Morgan fingerprint density at radius 3 is 3.00 bits per heavy atom. The number of furan rings is 1. The summed E-state index contributed by atoms with van der Waals surface area (Å²) in [5.74, 6) is -0.143. The summed E-state index contributed by atoms with van der Waals surface area (Å²) < 4.78 is 10.8. The van der Waals surface area contributed by atoms with Gasteiger partial charge in [-0.2, -0.15) is 0 Å². The van der Waals surface area contributed by atoms with Crippen LogP contribution in [-0.2, 0) is 22.6 Å². The number of fused-ring (bicyclic) bond motifs is 2. The van der Waals surface area contributed by atoms with E-state index in [0.717, 1.165) is 16.5 Å². The Morgan fingerprint density at radius 1 is 1.33 bits per heavy atom. The monoisotopic (exact) mass is 384 g/mol. The largest absolute Gasteiger partial charge is 0.466 e. The molecule has 2 aromatic heterocycles. The van der Waals surface area contributed by atoms with Crippen LogP contribution in [0.4, 0.5) is 5.69 Å². The van der Waals surface area contributed by atoms with Crippen molar-refractivity contribution in [3.05, 3.63) is 58.1 Å². The van der Waals surface area contributed by atoms with Crippen LogP contribution in [0.15, 0.2) is 34.9 Å². The maximum absolute atomic E-state index is 12.5. The fourth-order valence-electron chi connectivity index (χ4n) is 3.21. The summed E-state index contributed by atoms with van der Waals surface area (Å²) in [7, 11) is 0. The number of para-hydroxylation sites is 1. The zero-order valence-electron chi connectivity index (χ0n) is 14.7. The fourth-order valence-corrected chi connectivity index (χ4v) is 3.40. The molecule has 0 radical (unpaired) electrons. The molecule has 1 N–H and O–H groups in total. The van der Waals surface area contributed by atoms with E-state index >= 15 is 0 Å². The van der Waals surface area contributed by atoms with Crippen molar-refractivity contribution in [2.45, 2.75) is 32.8 Å². The zero-order chi connectivity index (χ0) is 19.0. The fraction of sp³-hybridized carbons (Fsp3) is 0.250. The quantitative estimate of drug-likeness (QED) is 0.676. The summed E-state index contributed by atoms with van der Waals surface area (Å²) in [5.41, 5.74) is 2.76. The van der Waals surface area contributed by atoms with E-state index in [0.29, 0.717) is 41.4 Å². The van der Waals surface area contributed by atoms with Crippen molar-refractivity contribution in [3.8, 4) is 0 Å². The van der Waals surface area contributed by atoms with Crippen LogP contribution in [-0.4, -0.2) is 16.9 Å². The first kappa shape index (κ1) is 17.5. The molecular formula is C20H17ClN2O4. The Bertz CT molecular complexity index is 1060. The van der Waals surface area contributed by atoms with Gasteiger partial charge in [0.1, 0.15) is 24.2 Å². The summed E-state index contributed by atoms with van der Waals surface area (Å²) in [4.78, 5) is 28.8. The number of anilines is 1. The second-order valence-electron chi connectivity index (χ2n) is 6.44. The first-order valence-corrected chi connectivity index (χ1v) is 9.03. The van der Waals surface area contributed by atoms with Crippen molar-refractivity contribution in [3.63, 3.8) is 0 Å².